The van der Waals surface area contributed by atoms with Crippen molar-refractivity contribution in [3.63, 3.8) is 0 Å². The Kier molecular flexibility index (Phi) is 8.00. The first-order chi connectivity index (χ1) is 18.4. The molecule has 0 N–H and O–H groups in total. The lowest BCUT2D eigenvalue weighted by molar-refractivity contribution is -0.113. The Morgan fingerprint density at radius 3 is 2.61 bits per heavy atom. The van der Waals surface area contributed by atoms with Crippen LogP contribution in [0, 0.1) is 6.92 Å². The van der Waals surface area contributed by atoms with Gasteiger partial charge in [0, 0.05) is 30.4 Å². The number of ether oxygens (including phenoxy) is 2. The van der Waals surface area contributed by atoms with Gasteiger partial charge in [0.15, 0.2) is 5.17 Å². The lowest BCUT2D eigenvalue weighted by atomic mass is 10.0. The van der Waals surface area contributed by atoms with Gasteiger partial charge in [-0.3, -0.25) is 4.79 Å². The zero-order chi connectivity index (χ0) is 26.6. The summed E-state index contributed by atoms with van der Waals surface area (Å²) in [5.41, 5.74) is 4.65. The first-order valence-electron chi connectivity index (χ1n) is 13.2. The maximum Gasteiger partial charge on any atom is 0.286 e. The van der Waals surface area contributed by atoms with Gasteiger partial charge in [-0.25, -0.2) is 4.68 Å². The van der Waals surface area contributed by atoms with Gasteiger partial charge in [0.05, 0.1) is 29.4 Å². The molecule has 0 aliphatic carbocycles. The van der Waals surface area contributed by atoms with Crippen LogP contribution in [0.4, 0.5) is 0 Å². The average molecular weight is 531 g/mol. The van der Waals surface area contributed by atoms with Gasteiger partial charge in [0.2, 0.25) is 0 Å². The lowest BCUT2D eigenvalue weighted by Crippen LogP contribution is -2.47. The largest absolute Gasteiger partial charge is 0.493 e. The fraction of sp³-hybridized carbons (Fsp3) is 0.367. The Morgan fingerprint density at radius 1 is 1.13 bits per heavy atom. The number of benzene rings is 2. The molecule has 198 valence electrons. The van der Waals surface area contributed by atoms with E-state index in [2.05, 4.69) is 29.8 Å². The summed E-state index contributed by atoms with van der Waals surface area (Å²) in [7, 11) is 0. The summed E-state index contributed by atoms with van der Waals surface area (Å²) in [6.45, 7) is 10.5. The fourth-order valence-electron chi connectivity index (χ4n) is 4.72. The number of aromatic nitrogens is 2. The molecule has 2 aliphatic rings. The second-order valence-electron chi connectivity index (χ2n) is 9.87. The van der Waals surface area contributed by atoms with Gasteiger partial charge in [-0.1, -0.05) is 31.5 Å². The predicted molar refractivity (Wildman–Crippen MR) is 154 cm³/mol. The molecular formula is C30H34N4O3S. The number of para-hydroxylation sites is 1. The number of rotatable bonds is 7. The van der Waals surface area contributed by atoms with Crippen molar-refractivity contribution in [2.45, 2.75) is 52.7 Å². The standard InChI is InChI=1S/C30H34N4O3S/c1-5-6-14-36-26-13-12-23(15-20(26)2)28-24(19-34(32-28)25-10-8-7-9-11-25)16-27-29(35)31-30(38-27)33-17-21(3)37-22(4)18-33/h7-13,15-16,19,21-22H,5-6,14,17-18H2,1-4H3/b27-16+/t21-,22+. The van der Waals surface area contributed by atoms with E-state index in [1.165, 1.54) is 11.8 Å². The third-order valence-corrected chi connectivity index (χ3v) is 7.60. The van der Waals surface area contributed by atoms with E-state index in [4.69, 9.17) is 14.6 Å². The number of carbonyl (C=O) groups is 1. The second-order valence-corrected chi connectivity index (χ2v) is 10.9. The number of aryl methyl sites for hydroxylation is 1. The van der Waals surface area contributed by atoms with E-state index in [9.17, 15) is 4.79 Å². The van der Waals surface area contributed by atoms with E-state index in [1.54, 1.807) is 0 Å². The normalized spacial score (nSPS) is 20.7. The molecule has 5 rings (SSSR count). The van der Waals surface area contributed by atoms with Crippen LogP contribution in [0.3, 0.4) is 0 Å². The molecular weight excluding hydrogens is 496 g/mol. The Balaban J connectivity index is 1.47. The molecule has 3 aromatic rings. The predicted octanol–water partition coefficient (Wildman–Crippen LogP) is 6.11. The molecule has 1 saturated heterocycles. The molecule has 1 aromatic heterocycles. The van der Waals surface area contributed by atoms with Gasteiger partial charge < -0.3 is 14.4 Å². The Morgan fingerprint density at radius 2 is 1.89 bits per heavy atom. The molecule has 0 spiro atoms. The highest BCUT2D eigenvalue weighted by atomic mass is 32.2. The van der Waals surface area contributed by atoms with Crippen molar-refractivity contribution in [1.29, 1.82) is 0 Å². The molecule has 1 amide bonds. The van der Waals surface area contributed by atoms with Crippen molar-refractivity contribution in [3.05, 3.63) is 70.8 Å². The Hall–Kier alpha value is -3.36. The van der Waals surface area contributed by atoms with Crippen LogP contribution in [0.1, 0.15) is 44.7 Å². The summed E-state index contributed by atoms with van der Waals surface area (Å²) in [6.07, 6.45) is 6.20. The summed E-state index contributed by atoms with van der Waals surface area (Å²) in [6, 6.07) is 16.1. The van der Waals surface area contributed by atoms with Crippen molar-refractivity contribution in [2.24, 2.45) is 4.99 Å². The van der Waals surface area contributed by atoms with Crippen molar-refractivity contribution < 1.29 is 14.3 Å². The van der Waals surface area contributed by atoms with Crippen LogP contribution in [-0.2, 0) is 9.53 Å². The fourth-order valence-corrected chi connectivity index (χ4v) is 5.65. The summed E-state index contributed by atoms with van der Waals surface area (Å²) in [4.78, 5) is 20.1. The topological polar surface area (TPSA) is 68.9 Å². The van der Waals surface area contributed by atoms with E-state index in [1.807, 2.05) is 73.3 Å². The molecule has 1 fully saturated rings. The van der Waals surface area contributed by atoms with E-state index in [-0.39, 0.29) is 18.1 Å². The number of hydrogen-bond acceptors (Lipinski definition) is 6. The van der Waals surface area contributed by atoms with Crippen molar-refractivity contribution >= 4 is 28.9 Å². The minimum atomic E-state index is -0.217. The van der Waals surface area contributed by atoms with Gasteiger partial charge in [0.25, 0.3) is 5.91 Å². The van der Waals surface area contributed by atoms with Gasteiger partial charge in [0.1, 0.15) is 11.4 Å². The van der Waals surface area contributed by atoms with Crippen LogP contribution >= 0.6 is 11.8 Å². The number of aliphatic imine (C=N–C) groups is 1. The average Bonchev–Trinajstić information content (AvgIpc) is 3.49. The van der Waals surface area contributed by atoms with E-state index >= 15 is 0 Å². The zero-order valence-electron chi connectivity index (χ0n) is 22.4. The first kappa shape index (κ1) is 26.3. The molecule has 0 bridgehead atoms. The molecule has 7 nitrogen and oxygen atoms in total. The van der Waals surface area contributed by atoms with Crippen LogP contribution in [0.5, 0.6) is 5.75 Å². The first-order valence-corrected chi connectivity index (χ1v) is 14.0. The number of hydrogen-bond donors (Lipinski definition) is 0. The highest BCUT2D eigenvalue weighted by Gasteiger charge is 2.31. The summed E-state index contributed by atoms with van der Waals surface area (Å²) < 4.78 is 13.7. The van der Waals surface area contributed by atoms with Gasteiger partial charge in [-0.15, -0.1) is 0 Å². The number of unbranched alkanes of at least 4 members (excludes halogenated alkanes) is 1. The quantitative estimate of drug-likeness (QED) is 0.271. The smallest absolute Gasteiger partial charge is 0.286 e. The van der Waals surface area contributed by atoms with E-state index < -0.39 is 0 Å². The number of amidine groups is 1. The maximum absolute atomic E-state index is 13.0. The number of nitrogens with zero attached hydrogens (tertiary/aromatic N) is 4. The highest BCUT2D eigenvalue weighted by Crippen LogP contribution is 2.35. The number of amides is 1. The molecule has 8 heteroatoms. The number of morpholine rings is 1. The third kappa shape index (κ3) is 5.87. The summed E-state index contributed by atoms with van der Waals surface area (Å²) >= 11 is 1.42. The SMILES string of the molecule is CCCCOc1ccc(-c2nn(-c3ccccc3)cc2/C=C2/SC(N3C[C@@H](C)O[C@@H](C)C3)=NC2=O)cc1C. The van der Waals surface area contributed by atoms with Crippen molar-refractivity contribution in [1.82, 2.24) is 14.7 Å². The van der Waals surface area contributed by atoms with Gasteiger partial charge in [-0.2, -0.15) is 10.1 Å². The molecule has 0 radical (unpaired) electrons. The minimum absolute atomic E-state index is 0.0954. The minimum Gasteiger partial charge on any atom is -0.493 e. The molecule has 3 heterocycles. The van der Waals surface area contributed by atoms with Crippen LogP contribution < -0.4 is 4.74 Å². The van der Waals surface area contributed by atoms with Crippen LogP contribution in [0.2, 0.25) is 0 Å². The maximum atomic E-state index is 13.0. The van der Waals surface area contributed by atoms with E-state index in [0.717, 1.165) is 64.9 Å². The lowest BCUT2D eigenvalue weighted by Gasteiger charge is -2.35. The second kappa shape index (κ2) is 11.6. The summed E-state index contributed by atoms with van der Waals surface area (Å²) in [5.74, 6) is 0.671. The van der Waals surface area contributed by atoms with Crippen LogP contribution in [0.25, 0.3) is 23.0 Å². The van der Waals surface area contributed by atoms with E-state index in [0.29, 0.717) is 11.5 Å². The molecule has 38 heavy (non-hydrogen) atoms. The molecule has 0 unspecified atom stereocenters. The van der Waals surface area contributed by atoms with Crippen LogP contribution in [0.15, 0.2) is 64.6 Å². The van der Waals surface area contributed by atoms with Crippen molar-refractivity contribution in [2.75, 3.05) is 19.7 Å². The zero-order valence-corrected chi connectivity index (χ0v) is 23.2. The molecule has 2 aromatic carbocycles. The van der Waals surface area contributed by atoms with Gasteiger partial charge >= 0.3 is 0 Å². The van der Waals surface area contributed by atoms with Crippen LogP contribution in [-0.4, -0.2) is 57.7 Å². The molecule has 2 aliphatic heterocycles. The summed E-state index contributed by atoms with van der Waals surface area (Å²) in [5, 5.41) is 5.68. The Bertz CT molecular complexity index is 1360. The monoisotopic (exact) mass is 530 g/mol. The number of thioether (sulfide) groups is 1. The van der Waals surface area contributed by atoms with Gasteiger partial charge in [-0.05, 0) is 80.9 Å². The van der Waals surface area contributed by atoms with Crippen molar-refractivity contribution in [3.8, 4) is 22.7 Å². The number of carbonyl (C=O) groups excluding carboxylic acids is 1. The third-order valence-electron chi connectivity index (χ3n) is 6.55. The Labute approximate surface area is 228 Å². The highest BCUT2D eigenvalue weighted by molar-refractivity contribution is 8.18. The molecule has 2 atom stereocenters. The molecule has 0 saturated carbocycles.